The van der Waals surface area contributed by atoms with Gasteiger partial charge >= 0.3 is 5.97 Å². The van der Waals surface area contributed by atoms with Crippen LogP contribution in [0.4, 0.5) is 0 Å². The van der Waals surface area contributed by atoms with Crippen LogP contribution in [0, 0.1) is 5.92 Å². The Balaban J connectivity index is 1.76. The van der Waals surface area contributed by atoms with E-state index in [0.717, 1.165) is 25.8 Å². The van der Waals surface area contributed by atoms with Gasteiger partial charge in [0.15, 0.2) is 0 Å². The fourth-order valence-corrected chi connectivity index (χ4v) is 3.97. The van der Waals surface area contributed by atoms with Gasteiger partial charge in [-0.1, -0.05) is 12.8 Å². The predicted molar refractivity (Wildman–Crippen MR) is 76.3 cm³/mol. The standard InChI is InChI=1S/C15H21NO2S/c17-15(18)13-3-1-2-4-14(13)16(12-5-6-12)9-11-7-8-19-10-11/h7-8,10,12-14H,1-6,9H2,(H,17,18). The van der Waals surface area contributed by atoms with Crippen molar-refractivity contribution in [3.63, 3.8) is 0 Å². The van der Waals surface area contributed by atoms with Crippen molar-refractivity contribution in [1.82, 2.24) is 4.90 Å². The number of carboxylic acids is 1. The molecule has 1 heterocycles. The van der Waals surface area contributed by atoms with Crippen LogP contribution in [0.5, 0.6) is 0 Å². The van der Waals surface area contributed by atoms with E-state index in [0.29, 0.717) is 6.04 Å². The number of rotatable bonds is 5. The molecule has 1 N–H and O–H groups in total. The summed E-state index contributed by atoms with van der Waals surface area (Å²) < 4.78 is 0. The van der Waals surface area contributed by atoms with Gasteiger partial charge < -0.3 is 5.11 Å². The van der Waals surface area contributed by atoms with Crippen molar-refractivity contribution in [3.05, 3.63) is 22.4 Å². The van der Waals surface area contributed by atoms with E-state index in [-0.39, 0.29) is 12.0 Å². The highest BCUT2D eigenvalue weighted by Crippen LogP contribution is 2.37. The van der Waals surface area contributed by atoms with Crippen molar-refractivity contribution in [2.45, 2.75) is 57.2 Å². The molecule has 104 valence electrons. The maximum Gasteiger partial charge on any atom is 0.308 e. The largest absolute Gasteiger partial charge is 0.481 e. The second-order valence-electron chi connectivity index (χ2n) is 5.83. The highest BCUT2D eigenvalue weighted by Gasteiger charge is 2.41. The molecule has 2 unspecified atom stereocenters. The lowest BCUT2D eigenvalue weighted by Crippen LogP contribution is -2.46. The Labute approximate surface area is 118 Å². The van der Waals surface area contributed by atoms with Gasteiger partial charge in [0, 0.05) is 18.6 Å². The molecule has 2 atom stereocenters. The molecule has 2 aliphatic rings. The minimum absolute atomic E-state index is 0.159. The fourth-order valence-electron chi connectivity index (χ4n) is 3.31. The molecule has 4 heteroatoms. The smallest absolute Gasteiger partial charge is 0.308 e. The molecule has 19 heavy (non-hydrogen) atoms. The summed E-state index contributed by atoms with van der Waals surface area (Å²) in [6.07, 6.45) is 6.65. The van der Waals surface area contributed by atoms with Gasteiger partial charge in [0.2, 0.25) is 0 Å². The number of hydrogen-bond donors (Lipinski definition) is 1. The van der Waals surface area contributed by atoms with Gasteiger partial charge in [-0.3, -0.25) is 9.69 Å². The van der Waals surface area contributed by atoms with Gasteiger partial charge in [-0.2, -0.15) is 11.3 Å². The fraction of sp³-hybridized carbons (Fsp3) is 0.667. The minimum atomic E-state index is -0.597. The third-order valence-electron chi connectivity index (χ3n) is 4.43. The molecule has 2 aliphatic carbocycles. The third-order valence-corrected chi connectivity index (χ3v) is 5.17. The number of hydrogen-bond acceptors (Lipinski definition) is 3. The van der Waals surface area contributed by atoms with E-state index in [4.69, 9.17) is 0 Å². The topological polar surface area (TPSA) is 40.5 Å². The number of carbonyl (C=O) groups is 1. The van der Waals surface area contributed by atoms with E-state index in [2.05, 4.69) is 21.7 Å². The van der Waals surface area contributed by atoms with Crippen LogP contribution in [0.3, 0.4) is 0 Å². The monoisotopic (exact) mass is 279 g/mol. The molecule has 0 amide bonds. The summed E-state index contributed by atoms with van der Waals surface area (Å²) in [7, 11) is 0. The summed E-state index contributed by atoms with van der Waals surface area (Å²) >= 11 is 1.72. The molecule has 1 aromatic heterocycles. The predicted octanol–water partition coefficient (Wildman–Crippen LogP) is 3.36. The molecule has 0 saturated heterocycles. The molecular formula is C15H21NO2S. The Kier molecular flexibility index (Phi) is 3.89. The summed E-state index contributed by atoms with van der Waals surface area (Å²) in [4.78, 5) is 14.0. The van der Waals surface area contributed by atoms with Gasteiger partial charge in [-0.25, -0.2) is 0 Å². The van der Waals surface area contributed by atoms with Gasteiger partial charge in [-0.05, 0) is 48.1 Å². The van der Waals surface area contributed by atoms with E-state index in [1.54, 1.807) is 11.3 Å². The van der Waals surface area contributed by atoms with Crippen LogP contribution in [0.1, 0.15) is 44.1 Å². The third kappa shape index (κ3) is 3.00. The van der Waals surface area contributed by atoms with E-state index >= 15 is 0 Å². The van der Waals surface area contributed by atoms with E-state index in [9.17, 15) is 9.90 Å². The number of thiophene rings is 1. The van der Waals surface area contributed by atoms with Crippen LogP contribution in [0.2, 0.25) is 0 Å². The number of aliphatic carboxylic acids is 1. The first-order valence-electron chi connectivity index (χ1n) is 7.25. The van der Waals surface area contributed by atoms with E-state index in [1.165, 1.54) is 24.8 Å². The lowest BCUT2D eigenvalue weighted by atomic mass is 9.83. The Morgan fingerprint density at radius 1 is 1.32 bits per heavy atom. The van der Waals surface area contributed by atoms with Gasteiger partial charge in [-0.15, -0.1) is 0 Å². The summed E-state index contributed by atoms with van der Waals surface area (Å²) in [6, 6.07) is 3.04. The Morgan fingerprint density at radius 2 is 2.11 bits per heavy atom. The molecule has 0 aromatic carbocycles. The average molecular weight is 279 g/mol. The summed E-state index contributed by atoms with van der Waals surface area (Å²) in [5.74, 6) is -0.756. The molecule has 0 spiro atoms. The quantitative estimate of drug-likeness (QED) is 0.898. The van der Waals surface area contributed by atoms with Gasteiger partial charge in [0.05, 0.1) is 5.92 Å². The van der Waals surface area contributed by atoms with Gasteiger partial charge in [0.25, 0.3) is 0 Å². The van der Waals surface area contributed by atoms with E-state index < -0.39 is 5.97 Å². The molecular weight excluding hydrogens is 258 g/mol. The minimum Gasteiger partial charge on any atom is -0.481 e. The zero-order chi connectivity index (χ0) is 13.2. The van der Waals surface area contributed by atoms with Crippen molar-refractivity contribution in [2.75, 3.05) is 0 Å². The number of nitrogens with zero attached hydrogens (tertiary/aromatic N) is 1. The number of carboxylic acid groups (broad SMARTS) is 1. The van der Waals surface area contributed by atoms with Crippen LogP contribution in [0.15, 0.2) is 16.8 Å². The Bertz CT molecular complexity index is 427. The lowest BCUT2D eigenvalue weighted by molar-refractivity contribution is -0.146. The van der Waals surface area contributed by atoms with Gasteiger partial charge in [0.1, 0.15) is 0 Å². The molecule has 3 nitrogen and oxygen atoms in total. The first-order chi connectivity index (χ1) is 9.25. The first-order valence-corrected chi connectivity index (χ1v) is 8.19. The molecule has 0 aliphatic heterocycles. The zero-order valence-corrected chi connectivity index (χ0v) is 11.9. The van der Waals surface area contributed by atoms with Crippen molar-refractivity contribution in [3.8, 4) is 0 Å². The first kappa shape index (κ1) is 13.1. The molecule has 0 bridgehead atoms. The van der Waals surface area contributed by atoms with Crippen molar-refractivity contribution in [1.29, 1.82) is 0 Å². The average Bonchev–Trinajstić information content (AvgIpc) is 3.13. The van der Waals surface area contributed by atoms with Crippen LogP contribution < -0.4 is 0 Å². The van der Waals surface area contributed by atoms with Crippen LogP contribution in [-0.4, -0.2) is 28.1 Å². The summed E-state index contributed by atoms with van der Waals surface area (Å²) in [5.41, 5.74) is 1.34. The lowest BCUT2D eigenvalue weighted by Gasteiger charge is -2.38. The normalized spacial score (nSPS) is 27.6. The van der Waals surface area contributed by atoms with Crippen LogP contribution >= 0.6 is 11.3 Å². The van der Waals surface area contributed by atoms with Crippen molar-refractivity contribution < 1.29 is 9.90 Å². The highest BCUT2D eigenvalue weighted by molar-refractivity contribution is 7.07. The summed E-state index contributed by atoms with van der Waals surface area (Å²) in [5, 5.41) is 13.8. The van der Waals surface area contributed by atoms with Crippen LogP contribution in [0.25, 0.3) is 0 Å². The Morgan fingerprint density at radius 3 is 2.74 bits per heavy atom. The molecule has 2 saturated carbocycles. The van der Waals surface area contributed by atoms with E-state index in [1.807, 2.05) is 0 Å². The maximum absolute atomic E-state index is 11.5. The Hall–Kier alpha value is -0.870. The summed E-state index contributed by atoms with van der Waals surface area (Å²) in [6.45, 7) is 0.933. The molecule has 0 radical (unpaired) electrons. The van der Waals surface area contributed by atoms with Crippen LogP contribution in [-0.2, 0) is 11.3 Å². The van der Waals surface area contributed by atoms with Crippen molar-refractivity contribution in [2.24, 2.45) is 5.92 Å². The second-order valence-corrected chi connectivity index (χ2v) is 6.61. The second kappa shape index (κ2) is 5.63. The van der Waals surface area contributed by atoms with Crippen molar-refractivity contribution >= 4 is 17.3 Å². The maximum atomic E-state index is 11.5. The molecule has 1 aromatic rings. The highest BCUT2D eigenvalue weighted by atomic mass is 32.1. The SMILES string of the molecule is O=C(O)C1CCCCC1N(Cc1ccsc1)C1CC1. The zero-order valence-electron chi connectivity index (χ0n) is 11.1. The molecule has 3 rings (SSSR count). The molecule has 2 fully saturated rings.